The lowest BCUT2D eigenvalue weighted by molar-refractivity contribution is -0.672. The van der Waals surface area contributed by atoms with Crippen molar-refractivity contribution in [3.8, 4) is 5.75 Å². The van der Waals surface area contributed by atoms with E-state index in [1.165, 1.54) is 12.1 Å². The maximum absolute atomic E-state index is 11.6. The molecule has 0 amide bonds. The Bertz CT molecular complexity index is 560. The van der Waals surface area contributed by atoms with Crippen LogP contribution in [0.2, 0.25) is 0 Å². The number of fused-ring (bicyclic) bond motifs is 1. The molecule has 0 unspecified atom stereocenters. The van der Waals surface area contributed by atoms with Crippen LogP contribution in [0.1, 0.15) is 0 Å². The fourth-order valence-electron chi connectivity index (χ4n) is 1.41. The van der Waals surface area contributed by atoms with E-state index in [0.717, 1.165) is 0 Å². The van der Waals surface area contributed by atoms with E-state index in [1.54, 1.807) is 6.07 Å². The molecule has 17 heavy (non-hydrogen) atoms. The van der Waals surface area contributed by atoms with E-state index in [1.807, 2.05) is 0 Å². The Morgan fingerprint density at radius 2 is 2.06 bits per heavy atom. The molecule has 0 radical (unpaired) electrons. The molecular weight excluding hydrogens is 226 g/mol. The number of nitrogens with two attached hydrogens (primary N) is 2. The average molecular weight is 237 g/mol. The summed E-state index contributed by atoms with van der Waals surface area (Å²) in [5.74, 6) is 0.0293. The molecule has 1 aromatic heterocycles. The Labute approximate surface area is 96.2 Å². The fraction of sp³-hybridized carbons (Fsp3) is 0.222. The van der Waals surface area contributed by atoms with Crippen molar-refractivity contribution in [2.24, 2.45) is 5.73 Å². The Morgan fingerprint density at radius 3 is 2.76 bits per heavy atom. The lowest BCUT2D eigenvalue weighted by Crippen LogP contribution is -2.44. The third-order valence-corrected chi connectivity index (χ3v) is 2.16. The first kappa shape index (κ1) is 11.1. The standard InChI is InChI=1S/C9H11N5O3/c10-3-4-17-6-1-2-7-8(5-6)13(15)9(11)12-14(7)16/h1-2,5H,3-4,10H2,(H2,11,12). The fourth-order valence-corrected chi connectivity index (χ4v) is 1.41. The first-order chi connectivity index (χ1) is 8.13. The number of nitrogen functional groups attached to an aromatic ring is 1. The summed E-state index contributed by atoms with van der Waals surface area (Å²) in [5, 5.41) is 26.3. The highest BCUT2D eigenvalue weighted by molar-refractivity contribution is 5.69. The van der Waals surface area contributed by atoms with Crippen LogP contribution in [0.4, 0.5) is 5.95 Å². The number of aromatic nitrogens is 3. The predicted octanol–water partition coefficient (Wildman–Crippen LogP) is -1.58. The highest BCUT2D eigenvalue weighted by Crippen LogP contribution is 2.15. The van der Waals surface area contributed by atoms with Crippen LogP contribution in [0, 0.1) is 10.4 Å². The third-order valence-electron chi connectivity index (χ3n) is 2.16. The van der Waals surface area contributed by atoms with Gasteiger partial charge in [0.15, 0.2) is 5.52 Å². The minimum Gasteiger partial charge on any atom is -0.739 e. The molecule has 1 aromatic carbocycles. The maximum atomic E-state index is 11.6. The molecule has 8 heteroatoms. The minimum absolute atomic E-state index is 0.0991. The van der Waals surface area contributed by atoms with Crippen LogP contribution in [0.5, 0.6) is 5.75 Å². The van der Waals surface area contributed by atoms with Gasteiger partial charge in [0.05, 0.1) is 0 Å². The summed E-state index contributed by atoms with van der Waals surface area (Å²) in [6.45, 7) is 0.678. The van der Waals surface area contributed by atoms with Gasteiger partial charge in [0, 0.05) is 23.5 Å². The van der Waals surface area contributed by atoms with E-state index in [2.05, 4.69) is 5.10 Å². The molecule has 0 saturated carbocycles. The SMILES string of the molecule is NCCOc1ccc2c(c1)[n+]([O-])c(N)n[n+]2[O-]. The van der Waals surface area contributed by atoms with Crippen molar-refractivity contribution in [3.05, 3.63) is 28.6 Å². The smallest absolute Gasteiger partial charge is 0.458 e. The summed E-state index contributed by atoms with van der Waals surface area (Å²) >= 11 is 0. The molecule has 0 fully saturated rings. The molecule has 2 rings (SSSR count). The number of rotatable bonds is 3. The number of hydrogen-bond acceptors (Lipinski definition) is 6. The maximum Gasteiger partial charge on any atom is 0.458 e. The molecule has 0 saturated heterocycles. The molecule has 0 spiro atoms. The first-order valence-corrected chi connectivity index (χ1v) is 4.89. The van der Waals surface area contributed by atoms with Crippen molar-refractivity contribution in [1.82, 2.24) is 5.10 Å². The van der Waals surface area contributed by atoms with Gasteiger partial charge in [-0.1, -0.05) is 0 Å². The highest BCUT2D eigenvalue weighted by Gasteiger charge is 2.17. The van der Waals surface area contributed by atoms with Gasteiger partial charge in [-0.25, -0.2) is 4.73 Å². The van der Waals surface area contributed by atoms with Crippen LogP contribution in [0.3, 0.4) is 0 Å². The Balaban J connectivity index is 2.55. The lowest BCUT2D eigenvalue weighted by Gasteiger charge is -2.09. The minimum atomic E-state index is -0.413. The number of hydrogen-bond donors (Lipinski definition) is 2. The summed E-state index contributed by atoms with van der Waals surface area (Å²) in [4.78, 5) is 0.297. The highest BCUT2D eigenvalue weighted by atomic mass is 16.5. The van der Waals surface area contributed by atoms with E-state index >= 15 is 0 Å². The zero-order valence-corrected chi connectivity index (χ0v) is 8.87. The lowest BCUT2D eigenvalue weighted by atomic mass is 10.3. The molecule has 0 atom stereocenters. The van der Waals surface area contributed by atoms with Gasteiger partial charge < -0.3 is 20.9 Å². The van der Waals surface area contributed by atoms with Gasteiger partial charge in [0.1, 0.15) is 12.4 Å². The summed E-state index contributed by atoms with van der Waals surface area (Å²) in [5.41, 5.74) is 10.8. The van der Waals surface area contributed by atoms with E-state index in [9.17, 15) is 10.4 Å². The van der Waals surface area contributed by atoms with Gasteiger partial charge in [0.2, 0.25) is 5.10 Å². The van der Waals surface area contributed by atoms with Crippen molar-refractivity contribution in [3.63, 3.8) is 0 Å². The molecule has 0 aliphatic rings. The van der Waals surface area contributed by atoms with Crippen molar-refractivity contribution in [2.45, 2.75) is 0 Å². The van der Waals surface area contributed by atoms with E-state index < -0.39 is 5.95 Å². The van der Waals surface area contributed by atoms with Crippen molar-refractivity contribution < 1.29 is 14.3 Å². The first-order valence-electron chi connectivity index (χ1n) is 4.89. The van der Waals surface area contributed by atoms with Crippen LogP contribution in [-0.2, 0) is 0 Å². The van der Waals surface area contributed by atoms with Gasteiger partial charge in [-0.2, -0.15) is 0 Å². The monoisotopic (exact) mass is 237 g/mol. The van der Waals surface area contributed by atoms with Gasteiger partial charge >= 0.3 is 5.95 Å². The van der Waals surface area contributed by atoms with E-state index in [-0.39, 0.29) is 11.0 Å². The Hall–Kier alpha value is -2.35. The molecule has 1 heterocycles. The Kier molecular flexibility index (Phi) is 2.79. The number of nitrogens with zero attached hydrogens (tertiary/aromatic N) is 3. The summed E-state index contributed by atoms with van der Waals surface area (Å²) in [7, 11) is 0. The molecule has 2 aromatic rings. The molecule has 4 N–H and O–H groups in total. The van der Waals surface area contributed by atoms with Crippen LogP contribution in [0.15, 0.2) is 18.2 Å². The molecule has 90 valence electrons. The number of ether oxygens (including phenoxy) is 1. The molecular formula is C9H11N5O3. The zero-order chi connectivity index (χ0) is 12.4. The van der Waals surface area contributed by atoms with Gasteiger partial charge in [-0.15, -0.1) is 0 Å². The zero-order valence-electron chi connectivity index (χ0n) is 8.87. The number of benzene rings is 1. The topological polar surface area (TPSA) is 128 Å². The van der Waals surface area contributed by atoms with Crippen molar-refractivity contribution in [1.29, 1.82) is 0 Å². The summed E-state index contributed by atoms with van der Waals surface area (Å²) < 4.78 is 5.62. The second-order valence-corrected chi connectivity index (χ2v) is 3.31. The second-order valence-electron chi connectivity index (χ2n) is 3.31. The Morgan fingerprint density at radius 1 is 1.29 bits per heavy atom. The van der Waals surface area contributed by atoms with Gasteiger partial charge in [0.25, 0.3) is 5.52 Å². The number of anilines is 1. The molecule has 8 nitrogen and oxygen atoms in total. The van der Waals surface area contributed by atoms with E-state index in [0.29, 0.717) is 28.5 Å². The molecule has 0 bridgehead atoms. The van der Waals surface area contributed by atoms with Gasteiger partial charge in [-0.05, 0) is 6.07 Å². The van der Waals surface area contributed by atoms with Crippen LogP contribution >= 0.6 is 0 Å². The quantitative estimate of drug-likeness (QED) is 0.489. The predicted molar refractivity (Wildman–Crippen MR) is 58.6 cm³/mol. The van der Waals surface area contributed by atoms with Gasteiger partial charge in [-0.3, -0.25) is 5.73 Å². The van der Waals surface area contributed by atoms with Crippen LogP contribution < -0.4 is 25.8 Å². The van der Waals surface area contributed by atoms with Crippen LogP contribution in [0.25, 0.3) is 11.0 Å². The molecule has 0 aliphatic heterocycles. The average Bonchev–Trinajstić information content (AvgIpc) is 2.33. The van der Waals surface area contributed by atoms with Crippen molar-refractivity contribution >= 4 is 17.0 Å². The third kappa shape index (κ3) is 1.97. The normalized spacial score (nSPS) is 10.6. The van der Waals surface area contributed by atoms with Crippen LogP contribution in [-0.4, -0.2) is 18.3 Å². The van der Waals surface area contributed by atoms with Crippen molar-refractivity contribution in [2.75, 3.05) is 18.9 Å². The second kappa shape index (κ2) is 4.26. The van der Waals surface area contributed by atoms with E-state index in [4.69, 9.17) is 16.2 Å². The largest absolute Gasteiger partial charge is 0.739 e. The summed E-state index contributed by atoms with van der Waals surface area (Å²) in [6.07, 6.45) is 0. The summed E-state index contributed by atoms with van der Waals surface area (Å²) in [6, 6.07) is 4.42. The molecule has 0 aliphatic carbocycles.